The Bertz CT molecular complexity index is 3270. The van der Waals surface area contributed by atoms with E-state index in [1.165, 1.54) is 42.4 Å². The highest BCUT2D eigenvalue weighted by atomic mass is 16.5. The number of rotatable bonds is 9. The predicted octanol–water partition coefficient (Wildman–Crippen LogP) is 11.2. The second kappa shape index (κ2) is 22.1. The van der Waals surface area contributed by atoms with Crippen LogP contribution < -0.4 is 15.4 Å². The zero-order valence-corrected chi connectivity index (χ0v) is 44.4. The number of hydrogen-bond acceptors (Lipinski definition) is 10. The number of aromatic nitrogens is 1. The summed E-state index contributed by atoms with van der Waals surface area (Å²) in [4.78, 5) is 0. The third-order valence-corrected chi connectivity index (χ3v) is 18.0. The number of ether oxygens (including phenoxy) is 4. The molecule has 5 heterocycles. The van der Waals surface area contributed by atoms with Crippen molar-refractivity contribution in [3.05, 3.63) is 171 Å². The Kier molecular flexibility index (Phi) is 14.7. The molecule has 1 saturated carbocycles. The number of benzene rings is 5. The largest absolute Gasteiger partial charge is 0.508 e. The van der Waals surface area contributed by atoms with Crippen LogP contribution in [0, 0.1) is 23.7 Å². The molecule has 77 heavy (non-hydrogen) atoms. The Morgan fingerprint density at radius 1 is 0.844 bits per heavy atom. The van der Waals surface area contributed by atoms with Gasteiger partial charge in [-0.05, 0) is 175 Å². The fourth-order valence-corrected chi connectivity index (χ4v) is 14.1. The van der Waals surface area contributed by atoms with Crippen molar-refractivity contribution < 1.29 is 39.4 Å². The van der Waals surface area contributed by atoms with E-state index in [1.807, 2.05) is 30.3 Å². The number of dihydropyridines is 1. The van der Waals surface area contributed by atoms with Gasteiger partial charge in [-0.3, -0.25) is 5.32 Å². The second-order valence-corrected chi connectivity index (χ2v) is 22.9. The summed E-state index contributed by atoms with van der Waals surface area (Å²) < 4.78 is 28.0. The first-order valence-corrected chi connectivity index (χ1v) is 28.2. The summed E-state index contributed by atoms with van der Waals surface area (Å²) in [6, 6.07) is 32.8. The Morgan fingerprint density at radius 3 is 2.58 bits per heavy atom. The third-order valence-electron chi connectivity index (χ3n) is 18.0. The average Bonchev–Trinajstić information content (AvgIpc) is 4.23. The van der Waals surface area contributed by atoms with E-state index < -0.39 is 6.10 Å². The first-order valence-electron chi connectivity index (χ1n) is 28.2. The third kappa shape index (κ3) is 10.5. The van der Waals surface area contributed by atoms with Crippen molar-refractivity contribution in [1.82, 2.24) is 15.2 Å². The zero-order chi connectivity index (χ0) is 52.5. The molecule has 4 aliphatic heterocycles. The molecule has 1 unspecified atom stereocenters. The van der Waals surface area contributed by atoms with Gasteiger partial charge in [0.1, 0.15) is 30.1 Å². The van der Waals surface area contributed by atoms with Gasteiger partial charge in [-0.2, -0.15) is 0 Å². The van der Waals surface area contributed by atoms with Gasteiger partial charge in [-0.25, -0.2) is 0 Å². The monoisotopic (exact) mass is 1040 g/mol. The molecular formula is C66H73N3O8. The summed E-state index contributed by atoms with van der Waals surface area (Å²) in [5.74, 6) is 9.69. The van der Waals surface area contributed by atoms with Crippen LogP contribution in [0.15, 0.2) is 127 Å². The Labute approximate surface area is 452 Å². The van der Waals surface area contributed by atoms with E-state index in [0.717, 1.165) is 107 Å². The zero-order valence-electron chi connectivity index (χ0n) is 44.4. The van der Waals surface area contributed by atoms with Gasteiger partial charge in [0, 0.05) is 65.8 Å². The van der Waals surface area contributed by atoms with Crippen LogP contribution in [0.1, 0.15) is 122 Å². The molecule has 5 aromatic carbocycles. The summed E-state index contributed by atoms with van der Waals surface area (Å²) in [5, 5.41) is 53.6. The van der Waals surface area contributed by atoms with Crippen molar-refractivity contribution in [3.63, 3.8) is 0 Å². The number of nitrogens with zero attached hydrogens (tertiary/aromatic N) is 1. The van der Waals surface area contributed by atoms with E-state index in [4.69, 9.17) is 18.9 Å². The summed E-state index contributed by atoms with van der Waals surface area (Å²) in [7, 11) is 1.68. The minimum absolute atomic E-state index is 0.0650. The summed E-state index contributed by atoms with van der Waals surface area (Å²) in [5.41, 5.74) is 10.9. The number of hydrogen-bond donors (Lipinski definition) is 6. The molecule has 1 spiro atoms. The van der Waals surface area contributed by atoms with Crippen LogP contribution in [0.3, 0.4) is 0 Å². The molecule has 0 radical (unpaired) electrons. The molecule has 0 amide bonds. The van der Waals surface area contributed by atoms with E-state index in [2.05, 4.69) is 88.0 Å². The number of phenols is 3. The quantitative estimate of drug-likeness (QED) is 0.0611. The lowest BCUT2D eigenvalue weighted by atomic mass is 9.51. The number of methoxy groups -OCH3 is 1. The highest BCUT2D eigenvalue weighted by molar-refractivity contribution is 5.89. The maximum atomic E-state index is 11.7. The van der Waals surface area contributed by atoms with Crippen LogP contribution >= 0.6 is 0 Å². The Morgan fingerprint density at radius 2 is 1.71 bits per heavy atom. The normalized spacial score (nSPS) is 25.1. The fraction of sp³-hybridized carbons (Fsp3) is 0.424. The Balaban J connectivity index is 0.968. The van der Waals surface area contributed by atoms with Crippen molar-refractivity contribution >= 4 is 16.6 Å². The maximum absolute atomic E-state index is 11.7. The number of phenolic OH excluding ortho intramolecular Hbond substituents is 3. The highest BCUT2D eigenvalue weighted by Crippen LogP contribution is 2.60. The Hall–Kier alpha value is -6.52. The van der Waals surface area contributed by atoms with Crippen LogP contribution in [0.5, 0.6) is 23.0 Å². The number of aliphatic hydroxyl groups is 1. The van der Waals surface area contributed by atoms with E-state index in [1.54, 1.807) is 31.4 Å². The molecular weight excluding hydrogens is 963 g/mol. The van der Waals surface area contributed by atoms with Gasteiger partial charge in [0.15, 0.2) is 11.5 Å². The average molecular weight is 1040 g/mol. The lowest BCUT2D eigenvalue weighted by molar-refractivity contribution is -0.00873. The number of fused-ring (bicyclic) bond motifs is 10. The van der Waals surface area contributed by atoms with Crippen LogP contribution in [0.4, 0.5) is 0 Å². The van der Waals surface area contributed by atoms with E-state index >= 15 is 0 Å². The fourth-order valence-electron chi connectivity index (χ4n) is 14.1. The van der Waals surface area contributed by atoms with Crippen LogP contribution in [-0.2, 0) is 50.9 Å². The van der Waals surface area contributed by atoms with Crippen molar-refractivity contribution in [2.75, 3.05) is 33.7 Å². The van der Waals surface area contributed by atoms with Gasteiger partial charge >= 0.3 is 0 Å². The van der Waals surface area contributed by atoms with Gasteiger partial charge in [0.2, 0.25) is 0 Å². The molecule has 1 aromatic heterocycles. The van der Waals surface area contributed by atoms with Gasteiger partial charge in [-0.15, -0.1) is 0 Å². The molecule has 2 fully saturated rings. The van der Waals surface area contributed by atoms with Crippen molar-refractivity contribution in [3.8, 4) is 34.8 Å². The molecule has 1 saturated heterocycles. The van der Waals surface area contributed by atoms with Crippen molar-refractivity contribution in [2.24, 2.45) is 11.8 Å². The molecule has 400 valence electrons. The van der Waals surface area contributed by atoms with Crippen LogP contribution in [0.25, 0.3) is 16.6 Å². The smallest absolute Gasteiger partial charge is 0.161 e. The molecule has 2 aliphatic carbocycles. The molecule has 6 aliphatic rings. The predicted molar refractivity (Wildman–Crippen MR) is 300 cm³/mol. The van der Waals surface area contributed by atoms with E-state index in [-0.39, 0.29) is 59.5 Å². The summed E-state index contributed by atoms with van der Waals surface area (Å²) in [6.07, 6.45) is 18.7. The summed E-state index contributed by atoms with van der Waals surface area (Å²) in [6.45, 7) is 2.26. The molecule has 6 N–H and O–H groups in total. The minimum Gasteiger partial charge on any atom is -0.508 e. The van der Waals surface area contributed by atoms with E-state index in [0.29, 0.717) is 50.7 Å². The van der Waals surface area contributed by atoms with Gasteiger partial charge in [0.25, 0.3) is 0 Å². The molecule has 6 atom stereocenters. The first-order chi connectivity index (χ1) is 37.6. The van der Waals surface area contributed by atoms with Crippen LogP contribution in [-0.4, -0.2) is 77.0 Å². The van der Waals surface area contributed by atoms with Crippen molar-refractivity contribution in [1.29, 1.82) is 0 Å². The molecule has 12 rings (SSSR count). The first kappa shape index (κ1) is 51.2. The number of aliphatic hydroxyl groups excluding tert-OH is 1. The lowest BCUT2D eigenvalue weighted by Crippen LogP contribution is -2.51. The molecule has 11 nitrogen and oxygen atoms in total. The molecule has 11 heteroatoms. The van der Waals surface area contributed by atoms with Crippen LogP contribution in [0.2, 0.25) is 0 Å². The van der Waals surface area contributed by atoms with Gasteiger partial charge < -0.3 is 49.3 Å². The number of aryl methyl sites for hydroxylation is 2. The number of aromatic hydroxyl groups is 3. The lowest BCUT2D eigenvalue weighted by Gasteiger charge is -2.54. The molecule has 6 bridgehead atoms. The minimum atomic E-state index is -0.613. The molecule has 6 aromatic rings. The van der Waals surface area contributed by atoms with Gasteiger partial charge in [-0.1, -0.05) is 85.3 Å². The highest BCUT2D eigenvalue weighted by Gasteiger charge is 2.55. The maximum Gasteiger partial charge on any atom is 0.161 e. The number of nitrogens with one attached hydrogen (secondary N) is 2. The summed E-state index contributed by atoms with van der Waals surface area (Å²) >= 11 is 0. The van der Waals surface area contributed by atoms with Gasteiger partial charge in [0.05, 0.1) is 32.2 Å². The standard InChI is InChI=1S/C66H73N3O8/c1-74-42-67-63-34-47-20-16-43(14-15-44-18-22-60(72)48(28-44)29-46-9-6-10-53(70)30-46)8-7-11-55-35-54(71)21-17-45-19-23-61(73)62(31-45)77-39-50-33-51(32-49-37-69(38-56(49)50)64(68-63)57(47)41-76-55)66-26-27-75-40-52(66)36-65(24-4-5-25-65)58-12-2-3-13-59(58)66/h2-3,6,9-10,12-13,18-19,22-23,28,30-34,37-38,43,52,54-55,63,67-68,70-73H,4-5,7-8,11,14-15,17,21,24-27,29,35-36,39-42H2,1H3/t43-,52-,54+,55-,63?,66-/m0/s1. The second-order valence-electron chi connectivity index (χ2n) is 22.9. The van der Waals surface area contributed by atoms with E-state index in [9.17, 15) is 20.4 Å². The van der Waals surface area contributed by atoms with Crippen molar-refractivity contribution in [2.45, 2.75) is 132 Å². The topological polar surface area (TPSA) is 147 Å². The SMILES string of the molecule is COCNC1C=C2C#C[C@H](CCc3ccc(O)c(Cc4cccc(O)c4)c3)CCC[C@H]3C[C@H](O)CCc4ccc(O)c(c4)OCc4cc([C@@]56CCOC[C@@H]5CC5(CCCC5)c5ccccc56)cc5cn(cc45)C(=C2CO3)N1.